The maximum absolute atomic E-state index is 11.8. The molecular weight excluding hydrogens is 204 g/mol. The number of fused-ring (bicyclic) bond motifs is 1. The Labute approximate surface area is 90.9 Å². The molecule has 0 aliphatic rings. The number of hydrogen-bond acceptors (Lipinski definition) is 3. The lowest BCUT2D eigenvalue weighted by Gasteiger charge is -2.03. The molecule has 2 heterocycles. The van der Waals surface area contributed by atoms with Gasteiger partial charge in [-0.25, -0.2) is 0 Å². The van der Waals surface area contributed by atoms with Crippen LogP contribution in [0.2, 0.25) is 0 Å². The van der Waals surface area contributed by atoms with Gasteiger partial charge in [0.2, 0.25) is 5.52 Å². The molecule has 5 heteroatoms. The molecule has 0 saturated carbocycles. The lowest BCUT2D eigenvalue weighted by molar-refractivity contribution is -0.576. The van der Waals surface area contributed by atoms with Crippen LogP contribution in [0.25, 0.3) is 22.2 Å². The van der Waals surface area contributed by atoms with Gasteiger partial charge in [-0.2, -0.15) is 4.73 Å². The van der Waals surface area contributed by atoms with Crippen LogP contribution < -0.4 is 4.73 Å². The van der Waals surface area contributed by atoms with Gasteiger partial charge >= 0.3 is 0 Å². The van der Waals surface area contributed by atoms with Gasteiger partial charge in [-0.3, -0.25) is 5.10 Å². The molecule has 0 atom stereocenters. The maximum Gasteiger partial charge on any atom is 0.223 e. The van der Waals surface area contributed by atoms with E-state index in [1.807, 2.05) is 24.3 Å². The molecule has 5 nitrogen and oxygen atoms in total. The molecule has 0 aliphatic carbocycles. The molecule has 16 heavy (non-hydrogen) atoms. The lowest BCUT2D eigenvalue weighted by Crippen LogP contribution is -2.26. The van der Waals surface area contributed by atoms with Gasteiger partial charge in [0.05, 0.1) is 11.8 Å². The van der Waals surface area contributed by atoms with E-state index in [-0.39, 0.29) is 0 Å². The van der Waals surface area contributed by atoms with Gasteiger partial charge in [-0.05, 0) is 12.1 Å². The average molecular weight is 212 g/mol. The minimum Gasteiger partial charge on any atom is -0.618 e. The smallest absolute Gasteiger partial charge is 0.223 e. The van der Waals surface area contributed by atoms with E-state index in [2.05, 4.69) is 15.4 Å². The Hall–Kier alpha value is -2.43. The summed E-state index contributed by atoms with van der Waals surface area (Å²) in [6.45, 7) is 0. The molecule has 0 saturated heterocycles. The van der Waals surface area contributed by atoms with Crippen molar-refractivity contribution in [2.24, 2.45) is 0 Å². The van der Waals surface area contributed by atoms with E-state index in [1.54, 1.807) is 12.3 Å². The number of hydrogen-bond donors (Lipinski definition) is 1. The summed E-state index contributed by atoms with van der Waals surface area (Å²) in [5.74, 6) is 0. The van der Waals surface area contributed by atoms with E-state index in [0.29, 0.717) is 11.2 Å². The third kappa shape index (κ3) is 1.30. The highest BCUT2D eigenvalue weighted by Gasteiger charge is 2.09. The van der Waals surface area contributed by atoms with Crippen molar-refractivity contribution in [2.45, 2.75) is 0 Å². The average Bonchev–Trinajstić information content (AvgIpc) is 2.82. The molecule has 0 bridgehead atoms. The number of H-pyrrole nitrogens is 1. The van der Waals surface area contributed by atoms with Crippen molar-refractivity contribution in [3.05, 3.63) is 47.9 Å². The highest BCUT2D eigenvalue weighted by atomic mass is 16.5. The third-order valence-corrected chi connectivity index (χ3v) is 2.45. The van der Waals surface area contributed by atoms with Crippen LogP contribution in [0.1, 0.15) is 0 Å². The van der Waals surface area contributed by atoms with Crippen molar-refractivity contribution >= 4 is 10.9 Å². The highest BCUT2D eigenvalue weighted by molar-refractivity contribution is 5.79. The Morgan fingerprint density at radius 3 is 2.94 bits per heavy atom. The Kier molecular flexibility index (Phi) is 1.83. The summed E-state index contributed by atoms with van der Waals surface area (Å²) in [6.07, 6.45) is 3.16. The van der Waals surface area contributed by atoms with Crippen molar-refractivity contribution < 1.29 is 4.73 Å². The second kappa shape index (κ2) is 3.30. The molecule has 2 aromatic heterocycles. The van der Waals surface area contributed by atoms with Crippen LogP contribution in [0.3, 0.4) is 0 Å². The minimum atomic E-state index is 0.648. The summed E-state index contributed by atoms with van der Waals surface area (Å²) in [5.41, 5.74) is 2.06. The monoisotopic (exact) mass is 212 g/mol. The molecule has 3 rings (SSSR count). The van der Waals surface area contributed by atoms with E-state index < -0.39 is 0 Å². The van der Waals surface area contributed by atoms with Gasteiger partial charge in [0.15, 0.2) is 6.20 Å². The van der Waals surface area contributed by atoms with Crippen LogP contribution in [-0.4, -0.2) is 15.4 Å². The van der Waals surface area contributed by atoms with Gasteiger partial charge in [0, 0.05) is 11.5 Å². The molecule has 0 spiro atoms. The summed E-state index contributed by atoms with van der Waals surface area (Å²) < 4.78 is 0.847. The van der Waals surface area contributed by atoms with Crippen molar-refractivity contribution in [3.8, 4) is 11.3 Å². The normalized spacial score (nSPS) is 10.8. The number of pyridine rings is 1. The Morgan fingerprint density at radius 2 is 2.12 bits per heavy atom. The van der Waals surface area contributed by atoms with Crippen LogP contribution in [-0.2, 0) is 0 Å². The second-order valence-corrected chi connectivity index (χ2v) is 3.47. The SMILES string of the molecule is [O-][n+]1cc(-c2c[nH]nn2)cc2ccccc21. The first kappa shape index (κ1) is 8.84. The Morgan fingerprint density at radius 1 is 1.25 bits per heavy atom. The van der Waals surface area contributed by atoms with Gasteiger partial charge in [0.25, 0.3) is 0 Å². The second-order valence-electron chi connectivity index (χ2n) is 3.47. The van der Waals surface area contributed by atoms with Gasteiger partial charge in [-0.15, -0.1) is 5.10 Å². The van der Waals surface area contributed by atoms with Crippen molar-refractivity contribution in [2.75, 3.05) is 0 Å². The van der Waals surface area contributed by atoms with E-state index >= 15 is 0 Å². The number of aromatic amines is 1. The number of nitrogens with zero attached hydrogens (tertiary/aromatic N) is 3. The van der Waals surface area contributed by atoms with E-state index in [1.165, 1.54) is 6.20 Å². The van der Waals surface area contributed by atoms with Crippen LogP contribution in [0.5, 0.6) is 0 Å². The zero-order valence-electron chi connectivity index (χ0n) is 8.29. The number of benzene rings is 1. The molecule has 0 aliphatic heterocycles. The summed E-state index contributed by atoms with van der Waals surface area (Å²) in [5, 5.41) is 22.8. The molecule has 0 fully saturated rings. The van der Waals surface area contributed by atoms with E-state index in [9.17, 15) is 5.21 Å². The maximum atomic E-state index is 11.8. The third-order valence-electron chi connectivity index (χ3n) is 2.45. The number of nitrogens with one attached hydrogen (secondary N) is 1. The fourth-order valence-corrected chi connectivity index (χ4v) is 1.69. The molecule has 0 radical (unpaired) electrons. The summed E-state index contributed by atoms with van der Waals surface area (Å²) >= 11 is 0. The van der Waals surface area contributed by atoms with Crippen molar-refractivity contribution in [1.82, 2.24) is 15.4 Å². The largest absolute Gasteiger partial charge is 0.618 e. The molecule has 1 N–H and O–H groups in total. The fraction of sp³-hybridized carbons (Fsp3) is 0. The van der Waals surface area contributed by atoms with Gasteiger partial charge < -0.3 is 5.21 Å². The van der Waals surface area contributed by atoms with E-state index in [0.717, 1.165) is 15.7 Å². The number of para-hydroxylation sites is 1. The quantitative estimate of drug-likeness (QED) is 0.487. The topological polar surface area (TPSA) is 68.5 Å². The minimum absolute atomic E-state index is 0.648. The van der Waals surface area contributed by atoms with Crippen LogP contribution in [0.4, 0.5) is 0 Å². The first-order chi connectivity index (χ1) is 7.84. The highest BCUT2D eigenvalue weighted by Crippen LogP contribution is 2.18. The van der Waals surface area contributed by atoms with Crippen LogP contribution >= 0.6 is 0 Å². The first-order valence-electron chi connectivity index (χ1n) is 4.83. The summed E-state index contributed by atoms with van der Waals surface area (Å²) in [6, 6.07) is 9.34. The van der Waals surface area contributed by atoms with Crippen LogP contribution in [0.15, 0.2) is 42.7 Å². The van der Waals surface area contributed by atoms with Crippen molar-refractivity contribution in [1.29, 1.82) is 0 Å². The van der Waals surface area contributed by atoms with Gasteiger partial charge in [0.1, 0.15) is 5.69 Å². The molecule has 78 valence electrons. The Bertz CT molecular complexity index is 634. The predicted molar refractivity (Wildman–Crippen MR) is 58.3 cm³/mol. The summed E-state index contributed by atoms with van der Waals surface area (Å²) in [4.78, 5) is 0. The molecule has 1 aromatic carbocycles. The number of aromatic nitrogens is 4. The molecule has 3 aromatic rings. The molecular formula is C11H8N4O. The standard InChI is InChI=1S/C11H8N4O/c16-15-7-9(10-6-12-14-13-10)5-8-3-1-2-4-11(8)15/h1-7H,(H,12,13,14). The first-order valence-corrected chi connectivity index (χ1v) is 4.83. The van der Waals surface area contributed by atoms with Crippen LogP contribution in [0, 0.1) is 5.21 Å². The fourth-order valence-electron chi connectivity index (χ4n) is 1.69. The zero-order chi connectivity index (χ0) is 11.0. The lowest BCUT2D eigenvalue weighted by atomic mass is 10.1. The molecule has 0 unspecified atom stereocenters. The zero-order valence-corrected chi connectivity index (χ0v) is 8.29. The Balaban J connectivity index is 2.29. The number of rotatable bonds is 1. The predicted octanol–water partition coefficient (Wildman–Crippen LogP) is 1.26. The van der Waals surface area contributed by atoms with Gasteiger partial charge in [-0.1, -0.05) is 17.3 Å². The van der Waals surface area contributed by atoms with E-state index in [4.69, 9.17) is 0 Å². The van der Waals surface area contributed by atoms with Crippen molar-refractivity contribution in [3.63, 3.8) is 0 Å². The molecule has 0 amide bonds. The summed E-state index contributed by atoms with van der Waals surface area (Å²) in [7, 11) is 0.